The molecule has 10 heteroatoms. The number of anilines is 3. The van der Waals surface area contributed by atoms with Crippen molar-refractivity contribution < 1.29 is 28.3 Å². The zero-order valence-corrected chi connectivity index (χ0v) is 18.9. The van der Waals surface area contributed by atoms with E-state index in [1.54, 1.807) is 18.2 Å². The van der Waals surface area contributed by atoms with Gasteiger partial charge in [-0.25, -0.2) is 14.1 Å². The summed E-state index contributed by atoms with van der Waals surface area (Å²) in [6, 6.07) is 17.5. The first-order valence-electron chi connectivity index (χ1n) is 10.2. The first-order chi connectivity index (χ1) is 16.8. The fourth-order valence-electron chi connectivity index (χ4n) is 3.35. The molecule has 0 saturated heterocycles. The Hall–Kier alpha value is -4.50. The van der Waals surface area contributed by atoms with E-state index in [2.05, 4.69) is 15.4 Å². The van der Waals surface area contributed by atoms with Gasteiger partial charge in [0.25, 0.3) is 17.7 Å². The summed E-state index contributed by atoms with van der Waals surface area (Å²) >= 11 is 6.16. The molecule has 176 valence electrons. The molecule has 3 amide bonds. The number of amides is 3. The number of methoxy groups -OCH3 is 1. The predicted molar refractivity (Wildman–Crippen MR) is 128 cm³/mol. The van der Waals surface area contributed by atoms with Gasteiger partial charge in [-0.2, -0.15) is 0 Å². The van der Waals surface area contributed by atoms with E-state index in [9.17, 15) is 23.6 Å². The van der Waals surface area contributed by atoms with E-state index < -0.39 is 29.5 Å². The van der Waals surface area contributed by atoms with E-state index in [4.69, 9.17) is 11.6 Å². The first-order valence-corrected chi connectivity index (χ1v) is 10.6. The molecule has 8 nitrogen and oxygen atoms in total. The average molecular weight is 494 g/mol. The van der Waals surface area contributed by atoms with E-state index in [0.29, 0.717) is 5.69 Å². The summed E-state index contributed by atoms with van der Waals surface area (Å²) in [5.41, 5.74) is 0.789. The highest BCUT2D eigenvalue weighted by Crippen LogP contribution is 2.30. The number of rotatable bonds is 6. The van der Waals surface area contributed by atoms with Crippen LogP contribution in [0.15, 0.2) is 83.5 Å². The van der Waals surface area contributed by atoms with E-state index >= 15 is 0 Å². The largest absolute Gasteiger partial charge is 0.465 e. The summed E-state index contributed by atoms with van der Waals surface area (Å²) in [6.07, 6.45) is 0. The molecule has 0 aromatic heterocycles. The van der Waals surface area contributed by atoms with Crippen LogP contribution in [0, 0.1) is 5.82 Å². The maximum Gasteiger partial charge on any atom is 0.337 e. The number of carbonyl (C=O) groups excluding carboxylic acids is 4. The van der Waals surface area contributed by atoms with Crippen molar-refractivity contribution in [3.8, 4) is 0 Å². The summed E-state index contributed by atoms with van der Waals surface area (Å²) in [6.45, 7) is 0. The normalized spacial score (nSPS) is 13.2. The number of hydrogen-bond donors (Lipinski definition) is 2. The Bertz CT molecular complexity index is 1390. The average Bonchev–Trinajstić information content (AvgIpc) is 3.08. The van der Waals surface area contributed by atoms with Crippen LogP contribution in [-0.4, -0.2) is 30.8 Å². The van der Waals surface area contributed by atoms with E-state index in [1.165, 1.54) is 61.7 Å². The van der Waals surface area contributed by atoms with Crippen molar-refractivity contribution in [3.05, 3.63) is 100 Å². The summed E-state index contributed by atoms with van der Waals surface area (Å²) in [5, 5.41) is 4.92. The molecular formula is C25H17ClFN3O5. The molecule has 0 saturated carbocycles. The van der Waals surface area contributed by atoms with Gasteiger partial charge in [-0.3, -0.25) is 14.4 Å². The maximum absolute atomic E-state index is 13.8. The van der Waals surface area contributed by atoms with Crippen LogP contribution in [0.3, 0.4) is 0 Å². The molecular weight excluding hydrogens is 477 g/mol. The quantitative estimate of drug-likeness (QED) is 0.392. The van der Waals surface area contributed by atoms with Crippen LogP contribution >= 0.6 is 11.6 Å². The first kappa shape index (κ1) is 23.7. The number of carbonyl (C=O) groups is 4. The van der Waals surface area contributed by atoms with Crippen LogP contribution in [0.4, 0.5) is 21.5 Å². The Morgan fingerprint density at radius 1 is 0.914 bits per heavy atom. The second kappa shape index (κ2) is 9.78. The highest BCUT2D eigenvalue weighted by molar-refractivity contribution is 6.53. The third-order valence-electron chi connectivity index (χ3n) is 5.09. The minimum atomic E-state index is -0.751. The van der Waals surface area contributed by atoms with Gasteiger partial charge in [-0.05, 0) is 54.6 Å². The molecule has 0 bridgehead atoms. The van der Waals surface area contributed by atoms with Crippen LogP contribution < -0.4 is 15.5 Å². The number of nitrogens with one attached hydrogen (secondary N) is 2. The summed E-state index contributed by atoms with van der Waals surface area (Å²) < 4.78 is 18.5. The predicted octanol–water partition coefficient (Wildman–Crippen LogP) is 4.30. The van der Waals surface area contributed by atoms with Gasteiger partial charge in [-0.1, -0.05) is 29.8 Å². The standard InChI is InChI=1S/C25H17ClFN3O5/c1-35-25(34)14-9-11-17(12-10-14)30-23(32)20(26)21(24(30)33)28-16-6-4-5-15(13-16)22(31)29-19-8-3-2-7-18(19)27/h2-13,28H,1H3,(H,29,31). The van der Waals surface area contributed by atoms with Gasteiger partial charge in [-0.15, -0.1) is 0 Å². The molecule has 0 radical (unpaired) electrons. The molecule has 1 heterocycles. The van der Waals surface area contributed by atoms with Gasteiger partial charge in [0.2, 0.25) is 0 Å². The Labute approximate surface area is 203 Å². The highest BCUT2D eigenvalue weighted by Gasteiger charge is 2.39. The lowest BCUT2D eigenvalue weighted by atomic mass is 10.1. The van der Waals surface area contributed by atoms with Crippen LogP contribution in [0.1, 0.15) is 20.7 Å². The summed E-state index contributed by atoms with van der Waals surface area (Å²) in [4.78, 5) is 50.7. The number of halogens is 2. The molecule has 0 fully saturated rings. The fraction of sp³-hybridized carbons (Fsp3) is 0.0400. The molecule has 4 rings (SSSR count). The number of benzene rings is 3. The van der Waals surface area contributed by atoms with Crippen molar-refractivity contribution >= 4 is 52.4 Å². The van der Waals surface area contributed by atoms with Gasteiger partial charge in [0.15, 0.2) is 0 Å². The zero-order valence-electron chi connectivity index (χ0n) is 18.2. The highest BCUT2D eigenvalue weighted by atomic mass is 35.5. The van der Waals surface area contributed by atoms with Crippen LogP contribution in [0.2, 0.25) is 0 Å². The Kier molecular flexibility index (Phi) is 6.61. The zero-order chi connectivity index (χ0) is 25.1. The fourth-order valence-corrected chi connectivity index (χ4v) is 3.56. The maximum atomic E-state index is 13.8. The molecule has 35 heavy (non-hydrogen) atoms. The lowest BCUT2D eigenvalue weighted by Crippen LogP contribution is -2.32. The third-order valence-corrected chi connectivity index (χ3v) is 5.44. The van der Waals surface area contributed by atoms with Gasteiger partial charge < -0.3 is 15.4 Å². The Morgan fingerprint density at radius 2 is 1.63 bits per heavy atom. The van der Waals surface area contributed by atoms with Crippen LogP contribution in [0.5, 0.6) is 0 Å². The van der Waals surface area contributed by atoms with Gasteiger partial charge in [0.1, 0.15) is 16.5 Å². The lowest BCUT2D eigenvalue weighted by Gasteiger charge is -2.15. The van der Waals surface area contributed by atoms with Gasteiger partial charge in [0, 0.05) is 11.3 Å². The molecule has 0 unspecified atom stereocenters. The molecule has 3 aromatic carbocycles. The Balaban J connectivity index is 1.53. The van der Waals surface area contributed by atoms with Gasteiger partial charge >= 0.3 is 5.97 Å². The lowest BCUT2D eigenvalue weighted by molar-refractivity contribution is -0.120. The van der Waals surface area contributed by atoms with Crippen LogP contribution in [0.25, 0.3) is 0 Å². The molecule has 3 aromatic rings. The number of nitrogens with zero attached hydrogens (tertiary/aromatic N) is 1. The number of para-hydroxylation sites is 1. The molecule has 0 aliphatic carbocycles. The van der Waals surface area contributed by atoms with Crippen molar-refractivity contribution in [1.82, 2.24) is 0 Å². The molecule has 0 spiro atoms. The Morgan fingerprint density at radius 3 is 2.31 bits per heavy atom. The molecule has 2 N–H and O–H groups in total. The van der Waals surface area contributed by atoms with Crippen molar-refractivity contribution in [1.29, 1.82) is 0 Å². The molecule has 0 atom stereocenters. The topological polar surface area (TPSA) is 105 Å². The van der Waals surface area contributed by atoms with Crippen LogP contribution in [-0.2, 0) is 14.3 Å². The summed E-state index contributed by atoms with van der Waals surface area (Å²) in [5.74, 6) is -3.18. The smallest absolute Gasteiger partial charge is 0.337 e. The SMILES string of the molecule is COC(=O)c1ccc(N2C(=O)C(Cl)=C(Nc3cccc(C(=O)Nc4ccccc4F)c3)C2=O)cc1. The molecule has 1 aliphatic heterocycles. The third kappa shape index (κ3) is 4.75. The van der Waals surface area contributed by atoms with Crippen molar-refractivity contribution in [2.24, 2.45) is 0 Å². The number of imide groups is 1. The van der Waals surface area contributed by atoms with E-state index in [0.717, 1.165) is 4.90 Å². The van der Waals surface area contributed by atoms with E-state index in [-0.39, 0.29) is 33.2 Å². The second-order valence-electron chi connectivity index (χ2n) is 7.31. The number of ether oxygens (including phenoxy) is 1. The van der Waals surface area contributed by atoms with Crippen molar-refractivity contribution in [2.45, 2.75) is 0 Å². The monoisotopic (exact) mass is 493 g/mol. The summed E-state index contributed by atoms with van der Waals surface area (Å²) in [7, 11) is 1.24. The number of esters is 1. The minimum absolute atomic E-state index is 0.0204. The van der Waals surface area contributed by atoms with Crippen molar-refractivity contribution in [2.75, 3.05) is 22.6 Å². The second-order valence-corrected chi connectivity index (χ2v) is 7.69. The van der Waals surface area contributed by atoms with Crippen molar-refractivity contribution in [3.63, 3.8) is 0 Å². The minimum Gasteiger partial charge on any atom is -0.465 e. The van der Waals surface area contributed by atoms with Gasteiger partial charge in [0.05, 0.1) is 24.0 Å². The van der Waals surface area contributed by atoms with E-state index in [1.807, 2.05) is 0 Å². The number of hydrogen-bond acceptors (Lipinski definition) is 6. The molecule has 1 aliphatic rings.